The highest BCUT2D eigenvalue weighted by atomic mass is 19.1. The van der Waals surface area contributed by atoms with E-state index in [4.69, 9.17) is 10.5 Å². The average Bonchev–Trinajstić information content (AvgIpc) is 2.36. The topological polar surface area (TPSA) is 61.0 Å². The van der Waals surface area contributed by atoms with Crippen LogP contribution in [0.5, 0.6) is 11.6 Å². The molecule has 0 saturated heterocycles. The number of nitrogens with zero attached hydrogens (tertiary/aromatic N) is 2. The van der Waals surface area contributed by atoms with Gasteiger partial charge in [-0.15, -0.1) is 0 Å². The van der Waals surface area contributed by atoms with E-state index in [-0.39, 0.29) is 11.2 Å². The van der Waals surface area contributed by atoms with E-state index in [9.17, 15) is 4.39 Å². The van der Waals surface area contributed by atoms with E-state index in [1.165, 1.54) is 12.1 Å². The number of aromatic nitrogens is 2. The molecule has 0 fully saturated rings. The summed E-state index contributed by atoms with van der Waals surface area (Å²) in [6, 6.07) is 5.76. The van der Waals surface area contributed by atoms with Crippen molar-refractivity contribution in [3.05, 3.63) is 41.5 Å². The first kappa shape index (κ1) is 14.2. The first-order chi connectivity index (χ1) is 9.27. The van der Waals surface area contributed by atoms with Crippen LogP contribution in [-0.4, -0.2) is 9.97 Å². The van der Waals surface area contributed by atoms with E-state index < -0.39 is 0 Å². The van der Waals surface area contributed by atoms with Crippen LogP contribution in [0.1, 0.15) is 32.2 Å². The summed E-state index contributed by atoms with van der Waals surface area (Å²) in [5, 5.41) is 0. The van der Waals surface area contributed by atoms with Gasteiger partial charge in [0.25, 0.3) is 0 Å². The van der Waals surface area contributed by atoms with E-state index >= 15 is 0 Å². The fourth-order valence-corrected chi connectivity index (χ4v) is 1.56. The Morgan fingerprint density at radius 3 is 2.25 bits per heavy atom. The summed E-state index contributed by atoms with van der Waals surface area (Å²) < 4.78 is 18.6. The van der Waals surface area contributed by atoms with Gasteiger partial charge in [-0.25, -0.2) is 9.37 Å². The highest BCUT2D eigenvalue weighted by Crippen LogP contribution is 2.29. The largest absolute Gasteiger partial charge is 0.439 e. The summed E-state index contributed by atoms with van der Waals surface area (Å²) in [5.41, 5.74) is 6.34. The zero-order valence-electron chi connectivity index (χ0n) is 12.1. The third-order valence-corrected chi connectivity index (χ3v) is 2.84. The lowest BCUT2D eigenvalue weighted by Gasteiger charge is -2.19. The molecule has 4 nitrogen and oxygen atoms in total. The lowest BCUT2D eigenvalue weighted by molar-refractivity contribution is 0.441. The Labute approximate surface area is 117 Å². The van der Waals surface area contributed by atoms with Gasteiger partial charge in [0, 0.05) is 5.41 Å². The summed E-state index contributed by atoms with van der Waals surface area (Å²) in [5.74, 6) is 1.59. The Morgan fingerprint density at radius 1 is 1.10 bits per heavy atom. The lowest BCUT2D eigenvalue weighted by atomic mass is 9.95. The van der Waals surface area contributed by atoms with Crippen LogP contribution in [0.3, 0.4) is 0 Å². The zero-order chi connectivity index (χ0) is 14.9. The van der Waals surface area contributed by atoms with Crippen molar-refractivity contribution in [1.82, 2.24) is 9.97 Å². The zero-order valence-corrected chi connectivity index (χ0v) is 12.1. The van der Waals surface area contributed by atoms with Gasteiger partial charge in [0.05, 0.1) is 5.56 Å². The molecular weight excluding hydrogens is 257 g/mol. The highest BCUT2D eigenvalue weighted by Gasteiger charge is 2.21. The van der Waals surface area contributed by atoms with E-state index in [1.54, 1.807) is 19.1 Å². The minimum absolute atomic E-state index is 0.233. The molecule has 20 heavy (non-hydrogen) atoms. The van der Waals surface area contributed by atoms with Crippen LogP contribution in [0, 0.1) is 12.7 Å². The first-order valence-electron chi connectivity index (χ1n) is 6.35. The molecule has 0 aliphatic carbocycles. The van der Waals surface area contributed by atoms with Crippen molar-refractivity contribution >= 4 is 5.82 Å². The second kappa shape index (κ2) is 5.07. The first-order valence-corrected chi connectivity index (χ1v) is 6.35. The maximum absolute atomic E-state index is 12.9. The van der Waals surface area contributed by atoms with E-state index in [0.29, 0.717) is 28.8 Å². The number of hydrogen-bond acceptors (Lipinski definition) is 4. The summed E-state index contributed by atoms with van der Waals surface area (Å²) in [4.78, 5) is 8.70. The van der Waals surface area contributed by atoms with Crippen molar-refractivity contribution in [2.24, 2.45) is 0 Å². The maximum atomic E-state index is 12.9. The molecule has 1 aromatic carbocycles. The number of ether oxygens (including phenoxy) is 1. The van der Waals surface area contributed by atoms with Gasteiger partial charge in [0.15, 0.2) is 0 Å². The van der Waals surface area contributed by atoms with Gasteiger partial charge in [-0.2, -0.15) is 4.98 Å². The van der Waals surface area contributed by atoms with E-state index in [2.05, 4.69) is 9.97 Å². The Kier molecular flexibility index (Phi) is 3.61. The van der Waals surface area contributed by atoms with Crippen LogP contribution in [0.4, 0.5) is 10.2 Å². The number of halogens is 1. The van der Waals surface area contributed by atoms with Crippen LogP contribution < -0.4 is 10.5 Å². The van der Waals surface area contributed by atoms with Gasteiger partial charge in [0.2, 0.25) is 5.88 Å². The van der Waals surface area contributed by atoms with Crippen LogP contribution in [0.2, 0.25) is 0 Å². The SMILES string of the molecule is Cc1c(N)nc(C(C)(C)C)nc1Oc1ccc(F)cc1. The summed E-state index contributed by atoms with van der Waals surface area (Å²) in [6.45, 7) is 7.79. The number of rotatable bonds is 2. The van der Waals surface area contributed by atoms with Crippen LogP contribution >= 0.6 is 0 Å². The Balaban J connectivity index is 2.40. The van der Waals surface area contributed by atoms with Crippen molar-refractivity contribution in [2.45, 2.75) is 33.1 Å². The molecule has 0 aliphatic heterocycles. The summed E-state index contributed by atoms with van der Waals surface area (Å²) in [6.07, 6.45) is 0. The molecule has 2 N–H and O–H groups in total. The summed E-state index contributed by atoms with van der Waals surface area (Å²) >= 11 is 0. The molecule has 1 aromatic heterocycles. The molecule has 0 bridgehead atoms. The van der Waals surface area contributed by atoms with Gasteiger partial charge in [-0.3, -0.25) is 0 Å². The molecular formula is C15H18FN3O. The Hall–Kier alpha value is -2.17. The number of nitrogens with two attached hydrogens (primary N) is 1. The van der Waals surface area contributed by atoms with Crippen LogP contribution in [0.25, 0.3) is 0 Å². The molecule has 0 amide bonds. The molecule has 0 aliphatic rings. The molecule has 0 saturated carbocycles. The average molecular weight is 275 g/mol. The van der Waals surface area contributed by atoms with E-state index in [1.807, 2.05) is 20.8 Å². The van der Waals surface area contributed by atoms with Gasteiger partial charge in [0.1, 0.15) is 23.2 Å². The lowest BCUT2D eigenvalue weighted by Crippen LogP contribution is -2.18. The Bertz CT molecular complexity index is 618. The van der Waals surface area contributed by atoms with Gasteiger partial charge in [-0.05, 0) is 31.2 Å². The minimum atomic E-state index is -0.313. The highest BCUT2D eigenvalue weighted by molar-refractivity contribution is 5.46. The van der Waals surface area contributed by atoms with Crippen molar-refractivity contribution in [3.8, 4) is 11.6 Å². The second-order valence-corrected chi connectivity index (χ2v) is 5.67. The van der Waals surface area contributed by atoms with Crippen molar-refractivity contribution < 1.29 is 9.13 Å². The molecule has 5 heteroatoms. The smallest absolute Gasteiger partial charge is 0.227 e. The molecule has 1 heterocycles. The third kappa shape index (κ3) is 3.04. The van der Waals surface area contributed by atoms with E-state index in [0.717, 1.165) is 0 Å². The molecule has 106 valence electrons. The number of anilines is 1. The minimum Gasteiger partial charge on any atom is -0.439 e. The molecule has 0 atom stereocenters. The normalized spacial score (nSPS) is 11.4. The predicted molar refractivity (Wildman–Crippen MR) is 76.4 cm³/mol. The molecule has 0 spiro atoms. The molecule has 0 unspecified atom stereocenters. The van der Waals surface area contributed by atoms with Crippen molar-refractivity contribution in [2.75, 3.05) is 5.73 Å². The standard InChI is InChI=1S/C15H18FN3O/c1-9-12(17)18-14(15(2,3)4)19-13(9)20-11-7-5-10(16)6-8-11/h5-8H,1-4H3,(H2,17,18,19). The summed E-state index contributed by atoms with van der Waals surface area (Å²) in [7, 11) is 0. The number of benzene rings is 1. The predicted octanol–water partition coefficient (Wildman–Crippen LogP) is 3.60. The molecule has 0 radical (unpaired) electrons. The van der Waals surface area contributed by atoms with Gasteiger partial charge >= 0.3 is 0 Å². The second-order valence-electron chi connectivity index (χ2n) is 5.67. The van der Waals surface area contributed by atoms with Gasteiger partial charge in [-0.1, -0.05) is 20.8 Å². The van der Waals surface area contributed by atoms with Crippen molar-refractivity contribution in [1.29, 1.82) is 0 Å². The Morgan fingerprint density at radius 2 is 1.70 bits per heavy atom. The van der Waals surface area contributed by atoms with Crippen LogP contribution in [-0.2, 0) is 5.41 Å². The van der Waals surface area contributed by atoms with Crippen LogP contribution in [0.15, 0.2) is 24.3 Å². The molecule has 2 aromatic rings. The molecule has 2 rings (SSSR count). The maximum Gasteiger partial charge on any atom is 0.227 e. The number of hydrogen-bond donors (Lipinski definition) is 1. The monoisotopic (exact) mass is 275 g/mol. The third-order valence-electron chi connectivity index (χ3n) is 2.84. The fourth-order valence-electron chi connectivity index (χ4n) is 1.56. The quantitative estimate of drug-likeness (QED) is 0.909. The number of nitrogen functional groups attached to an aromatic ring is 1. The fraction of sp³-hybridized carbons (Fsp3) is 0.333. The van der Waals surface area contributed by atoms with Crippen molar-refractivity contribution in [3.63, 3.8) is 0 Å². The van der Waals surface area contributed by atoms with Gasteiger partial charge < -0.3 is 10.5 Å².